The number of hydrogen-bond acceptors (Lipinski definition) is 20. The smallest absolute Gasteiger partial charge is 0.411 e. The Morgan fingerprint density at radius 3 is 1.46 bits per heavy atom. The van der Waals surface area contributed by atoms with Crippen LogP contribution >= 0.6 is 0 Å². The molecule has 0 fully saturated rings. The molecule has 5 aliphatic rings. The molecule has 7 N–H and O–H groups in total. The fraction of sp³-hybridized carbons (Fsp3) is 0.407. The van der Waals surface area contributed by atoms with Crippen LogP contribution < -0.4 is 44.2 Å². The number of aldehydes is 1. The van der Waals surface area contributed by atoms with Gasteiger partial charge in [-0.2, -0.15) is 0 Å². The standard InChI is InChI=1S/C43H50N2O9.C32H35NO7.C11H17NO2/c1-25-17-29-18-30(20-46)44-36(34(29)37(47)38(25)49-6)32-19-31-35(41-40(52-24-53-41)26(2)39(31)51-22-28-15-11-8-12-16-28)33(45(32)42(48)54-43(3,4)5)23-50-21-27-13-9-7-10-14-27;1-21-28(37-18-23-13-9-6-10-14-23)25-15-24(16-34)33(31(35)40-32(2,3)4)26(27(25)30-29(21)38-20-39-30)19-36-17-22-11-7-5-8-12-22;1-7-3-9(4-10(12)6-13)5-11(14)8(7)2/h7-17,30,32-33,36,44,46-47H,18-24H2,1-6H3;5-14,16,24,26H,15,17-20H2,1-4H3;3,5,10,13-14H,4,6,12H2,1-2H3/t30-,32-,33-,36-;24-,26-;10-/m000/s1. The second-order valence-corrected chi connectivity index (χ2v) is 29.9. The number of carbonyl (C=O) groups is 3. The lowest BCUT2D eigenvalue weighted by atomic mass is 9.78. The van der Waals surface area contributed by atoms with E-state index >= 15 is 0 Å². The Morgan fingerprint density at radius 2 is 1.02 bits per heavy atom. The van der Waals surface area contributed by atoms with Crippen LogP contribution in [0.5, 0.6) is 51.7 Å². The van der Waals surface area contributed by atoms with E-state index in [1.54, 1.807) is 31.7 Å². The largest absolute Gasteiger partial charge is 0.508 e. The minimum absolute atomic E-state index is 0.00405. The molecule has 5 aliphatic heterocycles. The molecule has 0 saturated heterocycles. The molecule has 0 spiro atoms. The fourth-order valence-corrected chi connectivity index (χ4v) is 14.7. The highest BCUT2D eigenvalue weighted by Crippen LogP contribution is 2.57. The molecule has 22 heteroatoms. The monoisotopic (exact) mass is 1480 g/mol. The zero-order valence-corrected chi connectivity index (χ0v) is 63.8. The van der Waals surface area contributed by atoms with Gasteiger partial charge in [0.05, 0.1) is 77.0 Å². The Hall–Kier alpha value is -10.1. The summed E-state index contributed by atoms with van der Waals surface area (Å²) in [4.78, 5) is 44.1. The van der Waals surface area contributed by atoms with Crippen LogP contribution in [0.3, 0.4) is 0 Å². The van der Waals surface area contributed by atoms with Gasteiger partial charge in [-0.15, -0.1) is 0 Å². The summed E-state index contributed by atoms with van der Waals surface area (Å²) in [6, 6.07) is 41.0. The third-order valence-electron chi connectivity index (χ3n) is 19.7. The van der Waals surface area contributed by atoms with Crippen molar-refractivity contribution in [2.24, 2.45) is 5.73 Å². The van der Waals surface area contributed by atoms with Crippen molar-refractivity contribution in [1.82, 2.24) is 15.1 Å². The second kappa shape index (κ2) is 34.9. The van der Waals surface area contributed by atoms with Crippen molar-refractivity contribution in [3.05, 3.63) is 229 Å². The summed E-state index contributed by atoms with van der Waals surface area (Å²) in [6.07, 6.45) is 1.24. The quantitative estimate of drug-likeness (QED) is 0.0365. The Morgan fingerprint density at radius 1 is 0.565 bits per heavy atom. The lowest BCUT2D eigenvalue weighted by Gasteiger charge is -2.49. The van der Waals surface area contributed by atoms with Crippen LogP contribution in [0.4, 0.5) is 9.59 Å². The number of nitrogens with zero attached hydrogens (tertiary/aromatic N) is 2. The minimum atomic E-state index is -0.829. The van der Waals surface area contributed by atoms with E-state index in [0.717, 1.165) is 89.7 Å². The number of fused-ring (bicyclic) bond motifs is 7. The molecule has 0 bridgehead atoms. The highest BCUT2D eigenvalue weighted by molar-refractivity contribution is 5.79. The van der Waals surface area contributed by atoms with Crippen LogP contribution in [0.1, 0.15) is 149 Å². The van der Waals surface area contributed by atoms with Crippen LogP contribution in [-0.4, -0.2) is 131 Å². The van der Waals surface area contributed by atoms with Gasteiger partial charge in [0.2, 0.25) is 13.6 Å². The predicted molar refractivity (Wildman–Crippen MR) is 407 cm³/mol. The number of aliphatic hydroxyl groups is 2. The highest BCUT2D eigenvalue weighted by Gasteiger charge is 2.51. The summed E-state index contributed by atoms with van der Waals surface area (Å²) < 4.78 is 67.7. The molecule has 0 saturated carbocycles. The van der Waals surface area contributed by atoms with E-state index in [9.17, 15) is 29.7 Å². The number of aryl methyl sites for hydroxylation is 2. The van der Waals surface area contributed by atoms with Crippen LogP contribution in [0.15, 0.2) is 140 Å². The number of ether oxygens (including phenoxy) is 11. The van der Waals surface area contributed by atoms with E-state index in [-0.39, 0.29) is 70.7 Å². The summed E-state index contributed by atoms with van der Waals surface area (Å²) in [7, 11) is 1.53. The molecule has 2 amide bonds. The van der Waals surface area contributed by atoms with Gasteiger partial charge >= 0.3 is 12.2 Å². The van der Waals surface area contributed by atoms with Crippen molar-refractivity contribution in [3.63, 3.8) is 0 Å². The van der Waals surface area contributed by atoms with Crippen LogP contribution in [0.25, 0.3) is 0 Å². The Labute approximate surface area is 632 Å². The third kappa shape index (κ3) is 18.2. The number of phenolic OH excluding ortho intramolecular Hbond substituents is 2. The van der Waals surface area contributed by atoms with Crippen molar-refractivity contribution in [3.8, 4) is 51.7 Å². The maximum Gasteiger partial charge on any atom is 0.411 e. The van der Waals surface area contributed by atoms with Gasteiger partial charge in [0.15, 0.2) is 34.5 Å². The van der Waals surface area contributed by atoms with E-state index in [0.29, 0.717) is 90.8 Å². The summed E-state index contributed by atoms with van der Waals surface area (Å²) >= 11 is 0. The molecular formula is C86H102N4O18. The molecule has 0 radical (unpaired) electrons. The number of phenols is 2. The molecule has 108 heavy (non-hydrogen) atoms. The molecule has 8 aromatic carbocycles. The lowest BCUT2D eigenvalue weighted by molar-refractivity contribution is -0.114. The van der Waals surface area contributed by atoms with Gasteiger partial charge in [0.1, 0.15) is 48.0 Å². The normalized spacial score (nSPS) is 18.4. The van der Waals surface area contributed by atoms with Crippen molar-refractivity contribution in [2.75, 3.05) is 47.1 Å². The lowest BCUT2D eigenvalue weighted by Crippen LogP contribution is -2.58. The maximum absolute atomic E-state index is 14.8. The summed E-state index contributed by atoms with van der Waals surface area (Å²) in [6.45, 7) is 21.8. The molecule has 0 aromatic heterocycles. The van der Waals surface area contributed by atoms with E-state index in [2.05, 4.69) is 5.32 Å². The van der Waals surface area contributed by atoms with E-state index in [1.165, 1.54) is 12.0 Å². The summed E-state index contributed by atoms with van der Waals surface area (Å²) in [5, 5.41) is 44.5. The minimum Gasteiger partial charge on any atom is -0.508 e. The second-order valence-electron chi connectivity index (χ2n) is 29.9. The number of methoxy groups -OCH3 is 1. The van der Waals surface area contributed by atoms with Gasteiger partial charge in [0.25, 0.3) is 0 Å². The van der Waals surface area contributed by atoms with E-state index in [1.807, 2.05) is 189 Å². The number of benzene rings is 8. The fourth-order valence-electron chi connectivity index (χ4n) is 14.7. The zero-order valence-electron chi connectivity index (χ0n) is 63.8. The number of aromatic hydroxyl groups is 2. The van der Waals surface area contributed by atoms with Gasteiger partial charge in [-0.05, 0) is 152 Å². The number of carbonyl (C=O) groups excluding carboxylic acids is 3. The predicted octanol–water partition coefficient (Wildman–Crippen LogP) is 13.8. The average Bonchev–Trinajstić information content (AvgIpc) is 1.24. The first-order valence-corrected chi connectivity index (χ1v) is 36.7. The highest BCUT2D eigenvalue weighted by atomic mass is 16.7. The number of nitrogens with two attached hydrogens (primary N) is 1. The van der Waals surface area contributed by atoms with Crippen LogP contribution in [-0.2, 0) is 75.9 Å². The van der Waals surface area contributed by atoms with Gasteiger partial charge in [-0.3, -0.25) is 9.80 Å². The molecule has 0 aliphatic carbocycles. The number of rotatable bonds is 21. The molecule has 7 atom stereocenters. The number of amides is 2. The number of nitrogens with one attached hydrogen (secondary N) is 1. The van der Waals surface area contributed by atoms with Crippen molar-refractivity contribution >= 4 is 18.5 Å². The summed E-state index contributed by atoms with van der Waals surface area (Å²) in [5.74, 6) is 4.14. The van der Waals surface area contributed by atoms with Gasteiger partial charge in [-0.1, -0.05) is 133 Å². The topological polar surface area (TPSA) is 278 Å². The molecular weight excluding hydrogens is 1380 g/mol. The number of aliphatic hydroxyl groups excluding tert-OH is 2. The molecule has 5 heterocycles. The Balaban J connectivity index is 0.000000188. The SMILES string of the molecule is COc1c(C)cc2c(c1O)[C@H]([C@@H]1Cc3c(OCc4ccccc4)c(C)c4c(c3[C@H](COCc3ccccc3)N1C(=O)OC(C)(C)C)OCO4)N[C@H](CO)C2.Cc1c(OCc2ccccc2)c2c(c3c1OCO3)[C@H](COCc1ccccc1)N(C(=O)OC(C)(C)C)[C@H](C=O)C2.Cc1cc(C[C@H](N)CO)cc(O)c1C. The Bertz CT molecular complexity index is 4410. The molecule has 0 unspecified atom stereocenters. The summed E-state index contributed by atoms with van der Waals surface area (Å²) in [5.41, 5.74) is 17.8. The van der Waals surface area contributed by atoms with Gasteiger partial charge in [0, 0.05) is 57.4 Å². The molecule has 13 rings (SSSR count). The van der Waals surface area contributed by atoms with Crippen molar-refractivity contribution in [2.45, 2.75) is 182 Å². The van der Waals surface area contributed by atoms with Gasteiger partial charge < -0.3 is 88.4 Å². The van der Waals surface area contributed by atoms with Crippen LogP contribution in [0, 0.1) is 34.6 Å². The number of hydrogen-bond donors (Lipinski definition) is 6. The first-order chi connectivity index (χ1) is 51.8. The third-order valence-corrected chi connectivity index (χ3v) is 19.7. The average molecular weight is 1480 g/mol. The molecule has 22 nitrogen and oxygen atoms in total. The van der Waals surface area contributed by atoms with Crippen molar-refractivity contribution < 1.29 is 86.9 Å². The van der Waals surface area contributed by atoms with E-state index in [4.69, 9.17) is 62.9 Å². The Kier molecular flexibility index (Phi) is 25.5. The first-order valence-electron chi connectivity index (χ1n) is 36.7. The molecule has 8 aromatic rings. The van der Waals surface area contributed by atoms with E-state index < -0.39 is 53.6 Å². The molecule has 574 valence electrons. The van der Waals surface area contributed by atoms with Gasteiger partial charge in [-0.25, -0.2) is 9.59 Å². The van der Waals surface area contributed by atoms with Crippen molar-refractivity contribution in [1.29, 1.82) is 0 Å². The van der Waals surface area contributed by atoms with Crippen LogP contribution in [0.2, 0.25) is 0 Å². The first kappa shape index (κ1) is 79.0. The maximum atomic E-state index is 14.8. The zero-order chi connectivity index (χ0) is 77.1.